The number of likely N-dealkylation sites (N-methyl/N-ethyl adjacent to an activating group) is 2. The van der Waals surface area contributed by atoms with Gasteiger partial charge in [-0.2, -0.15) is 0 Å². The van der Waals surface area contributed by atoms with Crippen molar-refractivity contribution in [2.45, 2.75) is 12.8 Å². The van der Waals surface area contributed by atoms with Gasteiger partial charge in [0.2, 0.25) is 11.8 Å². The van der Waals surface area contributed by atoms with E-state index in [1.165, 1.54) is 16.5 Å². The Kier molecular flexibility index (Phi) is 5.93. The Bertz CT molecular complexity index is 596. The van der Waals surface area contributed by atoms with Crippen LogP contribution < -0.4 is 4.90 Å². The van der Waals surface area contributed by atoms with E-state index in [1.807, 2.05) is 37.2 Å². The summed E-state index contributed by atoms with van der Waals surface area (Å²) in [6.07, 6.45) is 5.29. The SMILES string of the molecule is CN(C)C/C=C/C(=O)N(C)CC(=O)N1CCCc2ccccc21. The second-order valence-electron chi connectivity index (χ2n) is 6.14. The Balaban J connectivity index is 1.97. The maximum atomic E-state index is 12.6. The number of aryl methyl sites for hydroxylation is 1. The second-order valence-corrected chi connectivity index (χ2v) is 6.14. The van der Waals surface area contributed by atoms with Gasteiger partial charge in [0, 0.05) is 31.9 Å². The molecule has 2 rings (SSSR count). The van der Waals surface area contributed by atoms with Gasteiger partial charge in [-0.25, -0.2) is 0 Å². The molecule has 0 unspecified atom stereocenters. The standard InChI is InChI=1S/C18H25N3O2/c1-19(2)12-7-11-17(22)20(3)14-18(23)21-13-6-9-15-8-4-5-10-16(15)21/h4-5,7-8,10-11H,6,9,12-14H2,1-3H3/b11-7+. The lowest BCUT2D eigenvalue weighted by Crippen LogP contribution is -2.43. The van der Waals surface area contributed by atoms with Gasteiger partial charge in [-0.15, -0.1) is 0 Å². The molecule has 0 spiro atoms. The quantitative estimate of drug-likeness (QED) is 0.774. The number of carbonyl (C=O) groups excluding carboxylic acids is 2. The largest absolute Gasteiger partial charge is 0.333 e. The van der Waals surface area contributed by atoms with Crippen LogP contribution >= 0.6 is 0 Å². The zero-order valence-corrected chi connectivity index (χ0v) is 14.2. The highest BCUT2D eigenvalue weighted by Crippen LogP contribution is 2.26. The molecule has 1 aromatic rings. The normalized spacial score (nSPS) is 14.2. The van der Waals surface area contributed by atoms with Crippen LogP contribution in [0.4, 0.5) is 5.69 Å². The van der Waals surface area contributed by atoms with Gasteiger partial charge in [0.25, 0.3) is 0 Å². The second kappa shape index (κ2) is 7.92. The molecule has 0 fully saturated rings. The Labute approximate surface area is 138 Å². The Hall–Kier alpha value is -2.14. The van der Waals surface area contributed by atoms with Crippen LogP contribution in [0.2, 0.25) is 0 Å². The highest BCUT2D eigenvalue weighted by atomic mass is 16.2. The van der Waals surface area contributed by atoms with E-state index in [0.717, 1.165) is 18.5 Å². The molecule has 23 heavy (non-hydrogen) atoms. The predicted molar refractivity (Wildman–Crippen MR) is 92.4 cm³/mol. The monoisotopic (exact) mass is 315 g/mol. The van der Waals surface area contributed by atoms with Crippen LogP contribution in [-0.4, -0.2) is 62.4 Å². The van der Waals surface area contributed by atoms with E-state index in [2.05, 4.69) is 6.07 Å². The summed E-state index contributed by atoms with van der Waals surface area (Å²) in [5, 5.41) is 0. The first-order chi connectivity index (χ1) is 11.0. The topological polar surface area (TPSA) is 43.9 Å². The summed E-state index contributed by atoms with van der Waals surface area (Å²) in [6.45, 7) is 1.51. The first kappa shape index (κ1) is 17.2. The van der Waals surface area contributed by atoms with Gasteiger partial charge in [0.15, 0.2) is 0 Å². The van der Waals surface area contributed by atoms with Gasteiger partial charge >= 0.3 is 0 Å². The highest BCUT2D eigenvalue weighted by molar-refractivity contribution is 5.99. The summed E-state index contributed by atoms with van der Waals surface area (Å²) in [5.41, 5.74) is 2.18. The molecule has 2 amide bonds. The Morgan fingerprint density at radius 3 is 2.70 bits per heavy atom. The molecule has 1 aliphatic rings. The molecule has 0 saturated heterocycles. The Morgan fingerprint density at radius 1 is 1.22 bits per heavy atom. The summed E-state index contributed by atoms with van der Waals surface area (Å²) in [5.74, 6) is -0.181. The number of anilines is 1. The van der Waals surface area contributed by atoms with Crippen molar-refractivity contribution < 1.29 is 9.59 Å². The number of para-hydroxylation sites is 1. The van der Waals surface area contributed by atoms with Crippen LogP contribution in [0.15, 0.2) is 36.4 Å². The van der Waals surface area contributed by atoms with E-state index >= 15 is 0 Å². The lowest BCUT2D eigenvalue weighted by Gasteiger charge is -2.30. The fraction of sp³-hybridized carbons (Fsp3) is 0.444. The number of rotatable bonds is 5. The molecular weight excluding hydrogens is 290 g/mol. The molecule has 1 heterocycles. The number of carbonyl (C=O) groups is 2. The third-order valence-electron chi connectivity index (χ3n) is 3.89. The molecular formula is C18H25N3O2. The van der Waals surface area contributed by atoms with Crippen molar-refractivity contribution in [3.8, 4) is 0 Å². The molecule has 5 heteroatoms. The summed E-state index contributed by atoms with van der Waals surface area (Å²) in [7, 11) is 5.54. The van der Waals surface area contributed by atoms with Crippen molar-refractivity contribution in [2.75, 3.05) is 45.7 Å². The van der Waals surface area contributed by atoms with E-state index < -0.39 is 0 Å². The van der Waals surface area contributed by atoms with Crippen molar-refractivity contribution in [2.24, 2.45) is 0 Å². The molecule has 1 aliphatic heterocycles. The summed E-state index contributed by atoms with van der Waals surface area (Å²) in [4.78, 5) is 29.8. The van der Waals surface area contributed by atoms with Crippen LogP contribution in [0.25, 0.3) is 0 Å². The van der Waals surface area contributed by atoms with Gasteiger partial charge in [0.1, 0.15) is 6.54 Å². The minimum absolute atomic E-state index is 0.0333. The number of amides is 2. The van der Waals surface area contributed by atoms with Gasteiger partial charge in [-0.3, -0.25) is 9.59 Å². The van der Waals surface area contributed by atoms with Crippen molar-refractivity contribution in [1.82, 2.24) is 9.80 Å². The smallest absolute Gasteiger partial charge is 0.246 e. The summed E-state index contributed by atoms with van der Waals surface area (Å²) >= 11 is 0. The lowest BCUT2D eigenvalue weighted by molar-refractivity contribution is -0.130. The summed E-state index contributed by atoms with van der Waals surface area (Å²) < 4.78 is 0. The van der Waals surface area contributed by atoms with Crippen molar-refractivity contribution >= 4 is 17.5 Å². The van der Waals surface area contributed by atoms with Crippen molar-refractivity contribution in [1.29, 1.82) is 0 Å². The number of hydrogen-bond acceptors (Lipinski definition) is 3. The Morgan fingerprint density at radius 2 is 1.96 bits per heavy atom. The van der Waals surface area contributed by atoms with E-state index in [0.29, 0.717) is 13.1 Å². The molecule has 124 valence electrons. The van der Waals surface area contributed by atoms with Gasteiger partial charge < -0.3 is 14.7 Å². The molecule has 0 saturated carbocycles. The number of benzene rings is 1. The fourth-order valence-electron chi connectivity index (χ4n) is 2.65. The van der Waals surface area contributed by atoms with Gasteiger partial charge in [0.05, 0.1) is 0 Å². The maximum absolute atomic E-state index is 12.6. The number of hydrogen-bond donors (Lipinski definition) is 0. The fourth-order valence-corrected chi connectivity index (χ4v) is 2.65. The molecule has 0 aromatic heterocycles. The highest BCUT2D eigenvalue weighted by Gasteiger charge is 2.23. The molecule has 5 nitrogen and oxygen atoms in total. The van der Waals surface area contributed by atoms with Gasteiger partial charge in [-0.1, -0.05) is 24.3 Å². The average molecular weight is 315 g/mol. The number of nitrogens with zero attached hydrogens (tertiary/aromatic N) is 3. The maximum Gasteiger partial charge on any atom is 0.246 e. The first-order valence-corrected chi connectivity index (χ1v) is 7.93. The van der Waals surface area contributed by atoms with E-state index in [-0.39, 0.29) is 18.4 Å². The van der Waals surface area contributed by atoms with Crippen LogP contribution in [0.3, 0.4) is 0 Å². The molecule has 0 atom stereocenters. The molecule has 0 radical (unpaired) electrons. The summed E-state index contributed by atoms with van der Waals surface area (Å²) in [6, 6.07) is 7.99. The first-order valence-electron chi connectivity index (χ1n) is 7.93. The number of fused-ring (bicyclic) bond motifs is 1. The molecule has 0 N–H and O–H groups in total. The third-order valence-corrected chi connectivity index (χ3v) is 3.89. The van der Waals surface area contributed by atoms with E-state index in [9.17, 15) is 9.59 Å². The average Bonchev–Trinajstić information content (AvgIpc) is 2.53. The lowest BCUT2D eigenvalue weighted by atomic mass is 10.0. The van der Waals surface area contributed by atoms with Crippen LogP contribution in [-0.2, 0) is 16.0 Å². The molecule has 1 aromatic carbocycles. The molecule has 0 bridgehead atoms. The minimum Gasteiger partial charge on any atom is -0.333 e. The van der Waals surface area contributed by atoms with Crippen LogP contribution in [0.5, 0.6) is 0 Å². The van der Waals surface area contributed by atoms with Crippen LogP contribution in [0.1, 0.15) is 12.0 Å². The van der Waals surface area contributed by atoms with E-state index in [1.54, 1.807) is 18.0 Å². The van der Waals surface area contributed by atoms with Crippen LogP contribution in [0, 0.1) is 0 Å². The van der Waals surface area contributed by atoms with E-state index in [4.69, 9.17) is 0 Å². The molecule has 0 aliphatic carbocycles. The third kappa shape index (κ3) is 4.66. The van der Waals surface area contributed by atoms with Gasteiger partial charge in [-0.05, 0) is 38.6 Å². The predicted octanol–water partition coefficient (Wildman–Crippen LogP) is 1.54. The zero-order chi connectivity index (χ0) is 16.8. The minimum atomic E-state index is -0.148. The van der Waals surface area contributed by atoms with Crippen molar-refractivity contribution in [3.63, 3.8) is 0 Å². The zero-order valence-electron chi connectivity index (χ0n) is 14.2. The van der Waals surface area contributed by atoms with Crippen molar-refractivity contribution in [3.05, 3.63) is 42.0 Å².